The minimum atomic E-state index is -0.643. The SMILES string of the molecule is C.CC(=O)NCCCCc1ccc(/C=C/C(=O)Nc2cc(-c3cccs3)ccc2NC(=O)OC(C)(C)C)cc1.CC(=O)NCCN.CC(=O)OOC(C)=O.COc1ccc(/C=C/C(=O)Nc2cc(-c3cccs3)ccc2NC(=O)OC(C)(C)C)cc1.[B-]OC(C)=O.[Na+]. The van der Waals surface area contributed by atoms with E-state index in [9.17, 15) is 43.2 Å². The van der Waals surface area contributed by atoms with Gasteiger partial charge in [0.15, 0.2) is 0 Å². The van der Waals surface area contributed by atoms with Gasteiger partial charge in [0, 0.05) is 76.2 Å². The van der Waals surface area contributed by atoms with Crippen molar-refractivity contribution in [1.29, 1.82) is 0 Å². The fourth-order valence-electron chi connectivity index (χ4n) is 6.82. The predicted octanol–water partition coefficient (Wildman–Crippen LogP) is 9.68. The average Bonchev–Trinajstić information content (AvgIpc) is 1.92. The monoisotopic (exact) mass is 1310 g/mol. The first-order valence-electron chi connectivity index (χ1n) is 28.0. The number of benzene rings is 4. The van der Waals surface area contributed by atoms with Crippen molar-refractivity contribution in [2.45, 2.75) is 114 Å². The van der Waals surface area contributed by atoms with Gasteiger partial charge in [0.2, 0.25) is 29.6 Å². The molecule has 22 nitrogen and oxygen atoms in total. The zero-order valence-corrected chi connectivity index (χ0v) is 57.3. The van der Waals surface area contributed by atoms with Crippen LogP contribution in [-0.4, -0.2) is 99.7 Å². The molecule has 6 aromatic rings. The fraction of sp³-hybridized carbons (Fsp3) is 0.318. The molecule has 0 bridgehead atoms. The van der Waals surface area contributed by atoms with Crippen molar-refractivity contribution in [1.82, 2.24) is 10.6 Å². The van der Waals surface area contributed by atoms with Crippen molar-refractivity contribution in [3.05, 3.63) is 149 Å². The Hall–Kier alpha value is -8.59. The molecular weight excluding hydrogens is 1230 g/mol. The van der Waals surface area contributed by atoms with E-state index in [1.54, 1.807) is 95.6 Å². The van der Waals surface area contributed by atoms with Crippen LogP contribution in [0.25, 0.3) is 33.0 Å². The maximum Gasteiger partial charge on any atom is 1.00 e. The molecule has 0 spiro atoms. The third kappa shape index (κ3) is 38.8. The van der Waals surface area contributed by atoms with E-state index in [0.29, 0.717) is 42.4 Å². The molecular formula is C66H84BN7NaO15S2. The van der Waals surface area contributed by atoms with Gasteiger partial charge in [0.25, 0.3) is 0 Å². The molecule has 0 aliphatic carbocycles. The van der Waals surface area contributed by atoms with E-state index in [1.165, 1.54) is 38.5 Å². The van der Waals surface area contributed by atoms with Crippen molar-refractivity contribution >= 4 is 119 Å². The summed E-state index contributed by atoms with van der Waals surface area (Å²) in [6.07, 6.45) is 8.03. The maximum absolute atomic E-state index is 12.8. The van der Waals surface area contributed by atoms with Gasteiger partial charge in [-0.2, -0.15) is 0 Å². The number of hydrogen-bond donors (Lipinski definition) is 7. The van der Waals surface area contributed by atoms with Gasteiger partial charge in [-0.05, 0) is 160 Å². The Bertz CT molecular complexity index is 3300. The van der Waals surface area contributed by atoms with E-state index in [0.717, 1.165) is 70.9 Å². The van der Waals surface area contributed by atoms with Gasteiger partial charge in [-0.1, -0.05) is 68.1 Å². The molecule has 0 aliphatic rings. The van der Waals surface area contributed by atoms with Crippen molar-refractivity contribution in [3.8, 4) is 26.6 Å². The number of carbonyl (C=O) groups is 9. The quantitative estimate of drug-likeness (QED) is 0.0138. The second-order valence-corrected chi connectivity index (χ2v) is 22.8. The Morgan fingerprint density at radius 2 is 0.935 bits per heavy atom. The number of methoxy groups -OCH3 is 1. The summed E-state index contributed by atoms with van der Waals surface area (Å²) in [6, 6.07) is 34.3. The molecule has 6 rings (SSSR count). The average molecular weight is 1310 g/mol. The molecule has 8 N–H and O–H groups in total. The number of carbonyl (C=O) groups excluding carboxylic acids is 9. The van der Waals surface area contributed by atoms with Gasteiger partial charge in [0.1, 0.15) is 17.0 Å². The standard InChI is InChI=1S/C30H35N3O4S.C25H26N2O4S.C4H10N2O.C4H6O4.C2H3BO2.CH4.Na/c1-21(34)31-18-6-5-8-22-10-12-23(13-11-22)14-17-28(35)32-26-20-24(27-9-7-19-38-27)15-16-25(26)33-29(36)37-30(2,3)4;1-25(2,3)31-24(29)27-20-13-10-18(22-6-5-15-32-22)16-21(20)26-23(28)14-9-17-7-11-19(30-4)12-8-17;1-4(7)6-3-2-5;1-3(5)7-8-4(2)6;1-2(4)5-3;;/h7,9-17,19-20H,5-6,8,18H2,1-4H3,(H,31,34)(H,32,35)(H,33,36);5-16H,1-4H3,(H,26,28)(H,27,29);2-3,5H2,1H3,(H,6,7);1-2H3;1H3;1H4;/q;;;;-1;;+1/b17-14+;14-9+;;;;;. The van der Waals surface area contributed by atoms with Gasteiger partial charge >= 0.3 is 53.7 Å². The Morgan fingerprint density at radius 1 is 0.533 bits per heavy atom. The third-order valence-electron chi connectivity index (χ3n) is 10.6. The maximum atomic E-state index is 12.8. The first-order chi connectivity index (χ1) is 42.5. The zero-order chi connectivity index (χ0) is 67.2. The van der Waals surface area contributed by atoms with Crippen LogP contribution >= 0.6 is 22.7 Å². The molecule has 4 aromatic carbocycles. The van der Waals surface area contributed by atoms with Crippen LogP contribution in [-0.2, 0) is 63.9 Å². The van der Waals surface area contributed by atoms with E-state index in [-0.39, 0.29) is 60.6 Å². The van der Waals surface area contributed by atoms with Crippen LogP contribution in [0.15, 0.2) is 132 Å². The second kappa shape index (κ2) is 44.8. The van der Waals surface area contributed by atoms with E-state index in [4.69, 9.17) is 19.9 Å². The van der Waals surface area contributed by atoms with Gasteiger partial charge in [-0.3, -0.25) is 34.6 Å². The van der Waals surface area contributed by atoms with Crippen LogP contribution < -0.4 is 71.9 Å². The Kier molecular flexibility index (Phi) is 40.6. The molecule has 0 fully saturated rings. The van der Waals surface area contributed by atoms with E-state index in [1.807, 2.05) is 108 Å². The fourth-order valence-corrected chi connectivity index (χ4v) is 8.27. The predicted molar refractivity (Wildman–Crippen MR) is 361 cm³/mol. The molecule has 0 saturated heterocycles. The number of unbranched alkanes of at least 4 members (excludes halogenated alkanes) is 1. The van der Waals surface area contributed by atoms with Crippen LogP contribution in [0.5, 0.6) is 5.75 Å². The molecule has 0 unspecified atom stereocenters. The minimum Gasteiger partial charge on any atom is -0.793 e. The van der Waals surface area contributed by atoms with Gasteiger partial charge in [-0.25, -0.2) is 29.0 Å². The van der Waals surface area contributed by atoms with Gasteiger partial charge in [0.05, 0.1) is 29.9 Å². The van der Waals surface area contributed by atoms with Gasteiger partial charge < -0.3 is 53.9 Å². The number of nitrogens with one attached hydrogen (secondary N) is 6. The molecule has 3 radical (unpaired) electrons. The number of hydrogen-bond acceptors (Lipinski definition) is 18. The zero-order valence-electron chi connectivity index (χ0n) is 53.7. The summed E-state index contributed by atoms with van der Waals surface area (Å²) in [7, 11) is 5.92. The molecule has 0 aliphatic heterocycles. The normalized spacial score (nSPS) is 10.2. The number of rotatable bonds is 18. The summed E-state index contributed by atoms with van der Waals surface area (Å²) in [5, 5.41) is 20.5. The number of anilines is 4. The first-order valence-corrected chi connectivity index (χ1v) is 29.7. The third-order valence-corrected chi connectivity index (χ3v) is 12.5. The Labute approximate surface area is 570 Å². The summed E-state index contributed by atoms with van der Waals surface area (Å²) >= 11 is 3.19. The van der Waals surface area contributed by atoms with Crippen molar-refractivity contribution in [2.75, 3.05) is 48.0 Å². The smallest absolute Gasteiger partial charge is 0.793 e. The summed E-state index contributed by atoms with van der Waals surface area (Å²) < 4.78 is 19.5. The second-order valence-electron chi connectivity index (χ2n) is 20.9. The summed E-state index contributed by atoms with van der Waals surface area (Å²) in [5.74, 6) is -1.67. The number of aryl methyl sites for hydroxylation is 1. The Morgan fingerprint density at radius 3 is 1.26 bits per heavy atom. The number of ether oxygens (including phenoxy) is 3. The van der Waals surface area contributed by atoms with Crippen LogP contribution in [0.4, 0.5) is 32.3 Å². The van der Waals surface area contributed by atoms with Crippen LogP contribution in [0.1, 0.15) is 113 Å². The van der Waals surface area contributed by atoms with Crippen molar-refractivity contribution in [3.63, 3.8) is 0 Å². The number of amides is 6. The molecule has 92 heavy (non-hydrogen) atoms. The summed E-state index contributed by atoms with van der Waals surface area (Å²) in [5.41, 5.74) is 10.5. The first kappa shape index (κ1) is 83.4. The van der Waals surface area contributed by atoms with E-state index >= 15 is 0 Å². The minimum absolute atomic E-state index is 0. The molecule has 489 valence electrons. The summed E-state index contributed by atoms with van der Waals surface area (Å²) in [6.45, 7) is 19.0. The molecule has 0 saturated carbocycles. The number of nitrogens with two attached hydrogens (primary N) is 1. The molecule has 2 heterocycles. The van der Waals surface area contributed by atoms with Crippen LogP contribution in [0, 0.1) is 0 Å². The molecule has 0 atom stereocenters. The van der Waals surface area contributed by atoms with Crippen molar-refractivity contribution < 1.29 is 101 Å². The van der Waals surface area contributed by atoms with E-state index < -0.39 is 41.3 Å². The number of thiophene rings is 2. The molecule has 6 amide bonds. The topological polar surface area (TPSA) is 307 Å². The Balaban J connectivity index is 0.00000137. The molecule has 2 aromatic heterocycles. The van der Waals surface area contributed by atoms with Gasteiger partial charge in [-0.15, -0.1) is 22.7 Å². The summed E-state index contributed by atoms with van der Waals surface area (Å²) in [4.78, 5) is 110. The van der Waals surface area contributed by atoms with Crippen LogP contribution in [0.2, 0.25) is 0 Å². The van der Waals surface area contributed by atoms with E-state index in [2.05, 4.69) is 54.4 Å². The van der Waals surface area contributed by atoms with Crippen LogP contribution in [0.3, 0.4) is 0 Å². The molecule has 26 heteroatoms. The van der Waals surface area contributed by atoms with Crippen molar-refractivity contribution in [2.24, 2.45) is 5.73 Å². The largest absolute Gasteiger partial charge is 1.00 e.